The summed E-state index contributed by atoms with van der Waals surface area (Å²) >= 11 is 5.74. The fourth-order valence-electron chi connectivity index (χ4n) is 3.40. The molecule has 0 unspecified atom stereocenters. The number of hydrogen-bond donors (Lipinski definition) is 0. The zero-order chi connectivity index (χ0) is 21.4. The van der Waals surface area contributed by atoms with E-state index in [9.17, 15) is 14.0 Å². The molecular formula is C24H26ClFO3. The highest BCUT2D eigenvalue weighted by Gasteiger charge is 2.45. The first-order chi connectivity index (χ1) is 13.5. The lowest BCUT2D eigenvalue weighted by atomic mass is 9.87. The predicted molar refractivity (Wildman–Crippen MR) is 113 cm³/mol. The molecule has 29 heavy (non-hydrogen) atoms. The molecule has 3 nitrogen and oxygen atoms in total. The standard InChI is InChI=1S/C15H12ClF.C9H14O3/c16-13-7-8-14(15(17)9-13)12-5-3-11(4-6-12)10-1-2-10;1-8(2)6(10)5-7(11)9(3,4)12-8/h3-10H,1-2H2;5H2,1-4H3. The number of Topliss-reactive ketones (excluding diaryl/α,β-unsaturated/α-hetero) is 2. The van der Waals surface area contributed by atoms with Crippen LogP contribution < -0.4 is 0 Å². The summed E-state index contributed by atoms with van der Waals surface area (Å²) in [6, 6.07) is 13.0. The Bertz CT molecular complexity index is 904. The molecule has 1 saturated carbocycles. The van der Waals surface area contributed by atoms with Crippen LogP contribution in [-0.4, -0.2) is 22.8 Å². The van der Waals surface area contributed by atoms with Gasteiger partial charge in [-0.25, -0.2) is 4.39 Å². The van der Waals surface area contributed by atoms with Gasteiger partial charge in [0.15, 0.2) is 11.6 Å². The van der Waals surface area contributed by atoms with Gasteiger partial charge in [-0.1, -0.05) is 35.9 Å². The largest absolute Gasteiger partial charge is 0.354 e. The van der Waals surface area contributed by atoms with Crippen molar-refractivity contribution in [3.63, 3.8) is 0 Å². The molecule has 1 saturated heterocycles. The molecule has 2 aliphatic rings. The van der Waals surface area contributed by atoms with Crippen molar-refractivity contribution < 1.29 is 18.7 Å². The minimum Gasteiger partial charge on any atom is -0.354 e. The third-order valence-electron chi connectivity index (χ3n) is 5.38. The predicted octanol–water partition coefficient (Wildman–Crippen LogP) is 6.13. The molecule has 2 aromatic carbocycles. The van der Waals surface area contributed by atoms with E-state index in [2.05, 4.69) is 12.1 Å². The average Bonchev–Trinajstić information content (AvgIpc) is 3.46. The summed E-state index contributed by atoms with van der Waals surface area (Å²) in [4.78, 5) is 22.5. The molecule has 0 radical (unpaired) electrons. The summed E-state index contributed by atoms with van der Waals surface area (Å²) in [7, 11) is 0. The molecule has 0 amide bonds. The van der Waals surface area contributed by atoms with Crippen molar-refractivity contribution in [3.8, 4) is 11.1 Å². The van der Waals surface area contributed by atoms with E-state index in [1.165, 1.54) is 24.5 Å². The Kier molecular flexibility index (Phi) is 5.98. The lowest BCUT2D eigenvalue weighted by Crippen LogP contribution is -2.53. The van der Waals surface area contributed by atoms with E-state index in [1.807, 2.05) is 12.1 Å². The van der Waals surface area contributed by atoms with Crippen LogP contribution in [0.3, 0.4) is 0 Å². The Labute approximate surface area is 176 Å². The second-order valence-electron chi connectivity index (χ2n) is 8.67. The first-order valence-electron chi connectivity index (χ1n) is 9.82. The van der Waals surface area contributed by atoms with E-state index in [4.69, 9.17) is 16.3 Å². The number of rotatable bonds is 2. The van der Waals surface area contributed by atoms with Gasteiger partial charge in [0.1, 0.15) is 17.0 Å². The number of benzene rings is 2. The van der Waals surface area contributed by atoms with E-state index in [0.717, 1.165) is 11.5 Å². The van der Waals surface area contributed by atoms with Crippen LogP contribution in [0.15, 0.2) is 42.5 Å². The SMILES string of the molecule is CC1(C)OC(C)(C)C(=O)CC1=O.Fc1cc(Cl)ccc1-c1ccc(C2CC2)cc1. The van der Waals surface area contributed by atoms with Crippen LogP contribution in [0.2, 0.25) is 5.02 Å². The second-order valence-corrected chi connectivity index (χ2v) is 9.10. The summed E-state index contributed by atoms with van der Waals surface area (Å²) in [6.45, 7) is 6.79. The van der Waals surface area contributed by atoms with Gasteiger partial charge in [0.25, 0.3) is 0 Å². The number of hydrogen-bond acceptors (Lipinski definition) is 3. The third-order valence-corrected chi connectivity index (χ3v) is 5.61. The van der Waals surface area contributed by atoms with Crippen molar-refractivity contribution in [1.82, 2.24) is 0 Å². The maximum absolute atomic E-state index is 13.7. The van der Waals surface area contributed by atoms with E-state index < -0.39 is 11.2 Å². The molecule has 154 valence electrons. The second kappa shape index (κ2) is 8.00. The summed E-state index contributed by atoms with van der Waals surface area (Å²) in [6.07, 6.45) is 2.57. The van der Waals surface area contributed by atoms with Crippen LogP contribution in [0, 0.1) is 5.82 Å². The van der Waals surface area contributed by atoms with E-state index in [-0.39, 0.29) is 23.8 Å². The van der Waals surface area contributed by atoms with Gasteiger partial charge in [-0.2, -0.15) is 0 Å². The highest BCUT2D eigenvalue weighted by atomic mass is 35.5. The van der Waals surface area contributed by atoms with Crippen LogP contribution >= 0.6 is 11.6 Å². The van der Waals surface area contributed by atoms with Crippen LogP contribution in [0.25, 0.3) is 11.1 Å². The minimum atomic E-state index is -0.808. The first kappa shape index (κ1) is 21.7. The number of halogens is 2. The molecule has 1 heterocycles. The topological polar surface area (TPSA) is 43.4 Å². The number of ketones is 2. The Morgan fingerprint density at radius 3 is 1.93 bits per heavy atom. The zero-order valence-electron chi connectivity index (χ0n) is 17.2. The van der Waals surface area contributed by atoms with Crippen LogP contribution in [0.1, 0.15) is 58.4 Å². The maximum atomic E-state index is 13.7. The average molecular weight is 417 g/mol. The summed E-state index contributed by atoms with van der Waals surface area (Å²) in [5.41, 5.74) is 1.26. The number of ether oxygens (including phenoxy) is 1. The molecule has 0 spiro atoms. The highest BCUT2D eigenvalue weighted by Crippen LogP contribution is 2.40. The van der Waals surface area contributed by atoms with E-state index in [1.54, 1.807) is 39.8 Å². The summed E-state index contributed by atoms with van der Waals surface area (Å²) in [5, 5.41) is 0.431. The first-order valence-corrected chi connectivity index (χ1v) is 10.2. The molecule has 2 aromatic rings. The van der Waals surface area contributed by atoms with Gasteiger partial charge in [0, 0.05) is 10.6 Å². The maximum Gasteiger partial charge on any atom is 0.171 e. The molecule has 0 bridgehead atoms. The van der Waals surface area contributed by atoms with Crippen molar-refractivity contribution in [2.75, 3.05) is 0 Å². The molecule has 4 rings (SSSR count). The highest BCUT2D eigenvalue weighted by molar-refractivity contribution is 6.30. The molecule has 1 aliphatic heterocycles. The summed E-state index contributed by atoms with van der Waals surface area (Å²) in [5.74, 6) is 0.203. The Morgan fingerprint density at radius 2 is 1.48 bits per heavy atom. The fourth-order valence-corrected chi connectivity index (χ4v) is 3.56. The Hall–Kier alpha value is -2.04. The van der Waals surface area contributed by atoms with Crippen molar-refractivity contribution in [2.45, 2.75) is 64.1 Å². The fraction of sp³-hybridized carbons (Fsp3) is 0.417. The molecule has 2 fully saturated rings. The number of carbonyl (C=O) groups is 2. The van der Waals surface area contributed by atoms with E-state index >= 15 is 0 Å². The monoisotopic (exact) mass is 416 g/mol. The molecule has 1 aliphatic carbocycles. The number of carbonyl (C=O) groups excluding carboxylic acids is 2. The molecule has 5 heteroatoms. The van der Waals surface area contributed by atoms with Crippen LogP contribution in [0.5, 0.6) is 0 Å². The summed E-state index contributed by atoms with van der Waals surface area (Å²) < 4.78 is 19.1. The Balaban J connectivity index is 0.000000177. The van der Waals surface area contributed by atoms with Crippen molar-refractivity contribution >= 4 is 23.2 Å². The van der Waals surface area contributed by atoms with Crippen molar-refractivity contribution in [1.29, 1.82) is 0 Å². The molecular weight excluding hydrogens is 391 g/mol. The lowest BCUT2D eigenvalue weighted by Gasteiger charge is -2.38. The van der Waals surface area contributed by atoms with Gasteiger partial charge in [0.2, 0.25) is 0 Å². The minimum absolute atomic E-state index is 0.000000000000000222. The third kappa shape index (κ3) is 5.12. The van der Waals surface area contributed by atoms with Gasteiger partial charge in [-0.15, -0.1) is 0 Å². The normalized spacial score (nSPS) is 20.1. The van der Waals surface area contributed by atoms with Crippen molar-refractivity contribution in [2.24, 2.45) is 0 Å². The van der Waals surface area contributed by atoms with Gasteiger partial charge in [0.05, 0.1) is 6.42 Å². The molecule has 0 N–H and O–H groups in total. The van der Waals surface area contributed by atoms with Crippen LogP contribution in [0.4, 0.5) is 4.39 Å². The van der Waals surface area contributed by atoms with Gasteiger partial charge >= 0.3 is 0 Å². The van der Waals surface area contributed by atoms with Gasteiger partial charge in [-0.3, -0.25) is 9.59 Å². The smallest absolute Gasteiger partial charge is 0.171 e. The van der Waals surface area contributed by atoms with Gasteiger partial charge in [-0.05, 0) is 75.8 Å². The van der Waals surface area contributed by atoms with E-state index in [0.29, 0.717) is 10.6 Å². The zero-order valence-corrected chi connectivity index (χ0v) is 18.0. The van der Waals surface area contributed by atoms with Crippen LogP contribution in [-0.2, 0) is 14.3 Å². The molecule has 0 aromatic heterocycles. The van der Waals surface area contributed by atoms with Gasteiger partial charge < -0.3 is 4.74 Å². The molecule has 0 atom stereocenters. The Morgan fingerprint density at radius 1 is 0.931 bits per heavy atom. The lowest BCUT2D eigenvalue weighted by molar-refractivity contribution is -0.181. The quantitative estimate of drug-likeness (QED) is 0.553. The van der Waals surface area contributed by atoms with Crippen molar-refractivity contribution in [3.05, 3.63) is 58.9 Å².